The molecule has 2 aromatic heterocycles. The highest BCUT2D eigenvalue weighted by Gasteiger charge is 2.25. The summed E-state index contributed by atoms with van der Waals surface area (Å²) in [6.45, 7) is 5.15. The number of nitrogens with zero attached hydrogens (tertiary/aromatic N) is 3. The molecule has 0 saturated heterocycles. The number of thioether (sulfide) groups is 1. The molecule has 2 aromatic carbocycles. The van der Waals surface area contributed by atoms with Crippen LogP contribution < -0.4 is 9.47 Å². The summed E-state index contributed by atoms with van der Waals surface area (Å²) in [6, 6.07) is 13.8. The Morgan fingerprint density at radius 1 is 1.19 bits per heavy atom. The maximum absolute atomic E-state index is 11.9. The first-order valence-electron chi connectivity index (χ1n) is 11.9. The topological polar surface area (TPSA) is 90.7 Å². The molecule has 4 aromatic rings. The number of aryl methyl sites for hydroxylation is 2. The van der Waals surface area contributed by atoms with Crippen molar-refractivity contribution in [3.63, 3.8) is 0 Å². The van der Waals surface area contributed by atoms with Crippen molar-refractivity contribution >= 4 is 33.7 Å². The molecule has 0 bridgehead atoms. The molecule has 36 heavy (non-hydrogen) atoms. The van der Waals surface area contributed by atoms with Crippen LogP contribution in [0.3, 0.4) is 0 Å². The second kappa shape index (κ2) is 10.5. The predicted molar refractivity (Wildman–Crippen MR) is 141 cm³/mol. The Hall–Kier alpha value is -3.72. The minimum absolute atomic E-state index is 0.0741. The summed E-state index contributed by atoms with van der Waals surface area (Å²) in [4.78, 5) is 24.4. The van der Waals surface area contributed by atoms with Gasteiger partial charge < -0.3 is 23.8 Å². The van der Waals surface area contributed by atoms with Gasteiger partial charge in [0.15, 0.2) is 0 Å². The highest BCUT2D eigenvalue weighted by molar-refractivity contribution is 8.15. The van der Waals surface area contributed by atoms with Crippen molar-refractivity contribution in [2.45, 2.75) is 32.1 Å². The van der Waals surface area contributed by atoms with Gasteiger partial charge in [0.2, 0.25) is 0 Å². The zero-order valence-electron chi connectivity index (χ0n) is 20.5. The minimum atomic E-state index is -0.189. The highest BCUT2D eigenvalue weighted by atomic mass is 32.2. The van der Waals surface area contributed by atoms with Gasteiger partial charge in [-0.2, -0.15) is 0 Å². The van der Waals surface area contributed by atoms with E-state index in [4.69, 9.17) is 14.2 Å². The molecule has 0 spiro atoms. The number of H-pyrrole nitrogens is 1. The summed E-state index contributed by atoms with van der Waals surface area (Å²) in [5.74, 6) is 2.72. The van der Waals surface area contributed by atoms with E-state index >= 15 is 0 Å². The number of aromatic nitrogens is 3. The molecule has 1 aliphatic rings. The van der Waals surface area contributed by atoms with Crippen molar-refractivity contribution in [1.29, 1.82) is 0 Å². The molecule has 1 aliphatic heterocycles. The van der Waals surface area contributed by atoms with Crippen LogP contribution in [0.1, 0.15) is 30.4 Å². The standard InChI is InChI=1S/C27H28N4O4S/c1-4-33-25(32)14-21-15-29-27(36-21)22-12-18-11-20(35-19-7-5-17(2)6-8-19)13-23(26(18)30-22)34-16-24-28-9-10-31(24)3/h5-13,21,30H,4,14-16H2,1-3H3. The fraction of sp³-hybridized carbons (Fsp3) is 0.296. The largest absolute Gasteiger partial charge is 0.483 e. The summed E-state index contributed by atoms with van der Waals surface area (Å²) in [5.41, 5.74) is 2.91. The number of fused-ring (bicyclic) bond motifs is 1. The second-order valence-corrected chi connectivity index (χ2v) is 9.91. The van der Waals surface area contributed by atoms with Gasteiger partial charge in [-0.1, -0.05) is 29.5 Å². The van der Waals surface area contributed by atoms with Crippen molar-refractivity contribution in [3.8, 4) is 17.2 Å². The van der Waals surface area contributed by atoms with E-state index in [2.05, 4.69) is 15.0 Å². The van der Waals surface area contributed by atoms with E-state index in [1.165, 1.54) is 5.56 Å². The molecule has 9 heteroatoms. The molecule has 0 aliphatic carbocycles. The van der Waals surface area contributed by atoms with Crippen molar-refractivity contribution < 1.29 is 19.0 Å². The van der Waals surface area contributed by atoms with Gasteiger partial charge in [-0.3, -0.25) is 9.79 Å². The lowest BCUT2D eigenvalue weighted by molar-refractivity contribution is -0.143. The normalized spacial score (nSPS) is 15.2. The average Bonchev–Trinajstić information content (AvgIpc) is 3.59. The van der Waals surface area contributed by atoms with E-state index in [0.717, 1.165) is 33.2 Å². The predicted octanol–water partition coefficient (Wildman–Crippen LogP) is 5.40. The van der Waals surface area contributed by atoms with Gasteiger partial charge in [-0.05, 0) is 38.1 Å². The molecule has 0 radical (unpaired) electrons. The number of benzene rings is 2. The average molecular weight is 505 g/mol. The SMILES string of the molecule is CCOC(=O)CC1CN=C(c2cc3cc(Oc4ccc(C)cc4)cc(OCc4nccn4C)c3[nH]2)S1. The Bertz CT molecular complexity index is 1410. The van der Waals surface area contributed by atoms with E-state index < -0.39 is 0 Å². The zero-order valence-corrected chi connectivity index (χ0v) is 21.3. The molecule has 3 heterocycles. The Morgan fingerprint density at radius 2 is 2.03 bits per heavy atom. The van der Waals surface area contributed by atoms with Crippen LogP contribution in [0.2, 0.25) is 0 Å². The van der Waals surface area contributed by atoms with Crippen LogP contribution in [0, 0.1) is 6.92 Å². The third kappa shape index (κ3) is 5.41. The van der Waals surface area contributed by atoms with E-state index in [0.29, 0.717) is 37.7 Å². The number of aliphatic imine (C=N–C) groups is 1. The fourth-order valence-corrected chi connectivity index (χ4v) is 5.04. The molecule has 1 atom stereocenters. The first kappa shape index (κ1) is 24.0. The molecule has 0 saturated carbocycles. The molecule has 5 rings (SSSR count). The van der Waals surface area contributed by atoms with Gasteiger partial charge >= 0.3 is 5.97 Å². The number of carbonyl (C=O) groups excluding carboxylic acids is 1. The van der Waals surface area contributed by atoms with Gasteiger partial charge in [-0.25, -0.2) is 4.98 Å². The van der Waals surface area contributed by atoms with Crippen LogP contribution in [-0.2, 0) is 23.2 Å². The Balaban J connectivity index is 1.42. The van der Waals surface area contributed by atoms with E-state index in [9.17, 15) is 4.79 Å². The van der Waals surface area contributed by atoms with Crippen LogP contribution in [-0.4, -0.2) is 43.9 Å². The third-order valence-electron chi connectivity index (χ3n) is 5.85. The van der Waals surface area contributed by atoms with Crippen LogP contribution >= 0.6 is 11.8 Å². The number of hydrogen-bond donors (Lipinski definition) is 1. The zero-order chi connectivity index (χ0) is 25.1. The summed E-state index contributed by atoms with van der Waals surface area (Å²) in [7, 11) is 1.94. The summed E-state index contributed by atoms with van der Waals surface area (Å²) < 4.78 is 19.4. The monoisotopic (exact) mass is 504 g/mol. The number of hydrogen-bond acceptors (Lipinski definition) is 7. The van der Waals surface area contributed by atoms with E-state index in [1.54, 1.807) is 18.0 Å². The number of nitrogens with one attached hydrogen (secondary N) is 1. The van der Waals surface area contributed by atoms with Gasteiger partial charge in [-0.15, -0.1) is 0 Å². The van der Waals surface area contributed by atoms with E-state index in [-0.39, 0.29) is 11.2 Å². The Kier molecular flexibility index (Phi) is 6.99. The first-order chi connectivity index (χ1) is 17.5. The summed E-state index contributed by atoms with van der Waals surface area (Å²) in [5, 5.41) is 1.89. The molecule has 1 N–H and O–H groups in total. The minimum Gasteiger partial charge on any atom is -0.483 e. The maximum Gasteiger partial charge on any atom is 0.306 e. The first-order valence-corrected chi connectivity index (χ1v) is 12.7. The van der Waals surface area contributed by atoms with Gasteiger partial charge in [0.05, 0.1) is 30.8 Å². The quantitative estimate of drug-likeness (QED) is 0.307. The van der Waals surface area contributed by atoms with Crippen molar-refractivity contribution in [1.82, 2.24) is 14.5 Å². The Labute approximate surface area is 213 Å². The van der Waals surface area contributed by atoms with E-state index in [1.807, 2.05) is 74.1 Å². The fourth-order valence-electron chi connectivity index (χ4n) is 3.97. The van der Waals surface area contributed by atoms with Gasteiger partial charge in [0.25, 0.3) is 0 Å². The number of imidazole rings is 1. The molecular weight excluding hydrogens is 476 g/mol. The molecule has 0 amide bonds. The highest BCUT2D eigenvalue weighted by Crippen LogP contribution is 2.36. The van der Waals surface area contributed by atoms with Crippen LogP contribution in [0.25, 0.3) is 10.9 Å². The second-order valence-electron chi connectivity index (χ2n) is 8.62. The maximum atomic E-state index is 11.9. The van der Waals surface area contributed by atoms with Gasteiger partial charge in [0.1, 0.15) is 34.7 Å². The molecule has 1 unspecified atom stereocenters. The molecule has 0 fully saturated rings. The Morgan fingerprint density at radius 3 is 2.78 bits per heavy atom. The molecule has 8 nitrogen and oxygen atoms in total. The van der Waals surface area contributed by atoms with Crippen LogP contribution in [0.15, 0.2) is 59.9 Å². The number of aromatic amines is 1. The molecular formula is C27H28N4O4S. The van der Waals surface area contributed by atoms with Crippen molar-refractivity contribution in [2.75, 3.05) is 13.2 Å². The number of esters is 1. The summed E-state index contributed by atoms with van der Waals surface area (Å²) >= 11 is 1.59. The number of carbonyl (C=O) groups is 1. The third-order valence-corrected chi connectivity index (χ3v) is 7.07. The van der Waals surface area contributed by atoms with Crippen molar-refractivity contribution in [2.24, 2.45) is 12.0 Å². The van der Waals surface area contributed by atoms with Crippen molar-refractivity contribution in [3.05, 3.63) is 71.9 Å². The summed E-state index contributed by atoms with van der Waals surface area (Å²) in [6.07, 6.45) is 3.98. The van der Waals surface area contributed by atoms with Crippen LogP contribution in [0.4, 0.5) is 0 Å². The lowest BCUT2D eigenvalue weighted by Gasteiger charge is -2.11. The smallest absolute Gasteiger partial charge is 0.306 e. The lowest BCUT2D eigenvalue weighted by Crippen LogP contribution is -2.14. The number of ether oxygens (including phenoxy) is 3. The lowest BCUT2D eigenvalue weighted by atomic mass is 10.2. The number of rotatable bonds is 9. The molecule has 186 valence electrons. The van der Waals surface area contributed by atoms with Crippen LogP contribution in [0.5, 0.6) is 17.2 Å². The van der Waals surface area contributed by atoms with Gasteiger partial charge in [0, 0.05) is 36.1 Å².